The molecule has 0 fully saturated rings. The molecule has 3 rings (SSSR count). The molecule has 0 spiro atoms. The zero-order valence-corrected chi connectivity index (χ0v) is 20.2. The molecule has 0 aromatic heterocycles. The fraction of sp³-hybridized carbons (Fsp3) is 0.417. The molecule has 0 saturated heterocycles. The van der Waals surface area contributed by atoms with Crippen LogP contribution in [0, 0.1) is 26.7 Å². The normalized spacial score (nSPS) is 14.1. The van der Waals surface area contributed by atoms with Crippen LogP contribution in [0.5, 0.6) is 11.5 Å². The molecule has 1 aliphatic rings. The Labute approximate surface area is 194 Å². The van der Waals surface area contributed by atoms with Gasteiger partial charge in [0.2, 0.25) is 15.8 Å². The number of aryl methyl sites for hydroxylation is 3. The summed E-state index contributed by atoms with van der Waals surface area (Å²) in [7, 11) is -4.06. The summed E-state index contributed by atoms with van der Waals surface area (Å²) in [6.45, 7) is 9.28. The van der Waals surface area contributed by atoms with Crippen molar-refractivity contribution >= 4 is 21.8 Å². The van der Waals surface area contributed by atoms with E-state index in [4.69, 9.17) is 14.2 Å². The minimum absolute atomic E-state index is 0.0629. The minimum Gasteiger partial charge on any atom is -0.486 e. The number of esters is 1. The van der Waals surface area contributed by atoms with Crippen molar-refractivity contribution in [1.29, 1.82) is 0 Å². The molecule has 2 aromatic carbocycles. The van der Waals surface area contributed by atoms with Gasteiger partial charge in [0.1, 0.15) is 19.3 Å². The van der Waals surface area contributed by atoms with Gasteiger partial charge in [-0.15, -0.1) is 0 Å². The molecule has 0 bridgehead atoms. The molecule has 0 amide bonds. The van der Waals surface area contributed by atoms with Crippen LogP contribution in [0.3, 0.4) is 0 Å². The topological polar surface area (TPSA) is 108 Å². The molecule has 178 valence electrons. The van der Waals surface area contributed by atoms with E-state index in [0.717, 1.165) is 16.7 Å². The molecule has 0 radical (unpaired) electrons. The lowest BCUT2D eigenvalue weighted by atomic mass is 9.98. The monoisotopic (exact) mass is 475 g/mol. The Morgan fingerprint density at radius 2 is 1.61 bits per heavy atom. The zero-order valence-electron chi connectivity index (χ0n) is 19.4. The van der Waals surface area contributed by atoms with Gasteiger partial charge in [0.25, 0.3) is 0 Å². The number of ether oxygens (including phenoxy) is 3. The van der Waals surface area contributed by atoms with Crippen LogP contribution in [0.25, 0.3) is 0 Å². The van der Waals surface area contributed by atoms with Crippen molar-refractivity contribution in [2.24, 2.45) is 5.92 Å². The molecule has 1 heterocycles. The molecule has 9 heteroatoms. The van der Waals surface area contributed by atoms with Crippen LogP contribution in [-0.4, -0.2) is 46.0 Å². The summed E-state index contributed by atoms with van der Waals surface area (Å²) < 4.78 is 44.3. The van der Waals surface area contributed by atoms with Crippen molar-refractivity contribution in [2.75, 3.05) is 19.8 Å². The van der Waals surface area contributed by atoms with Crippen molar-refractivity contribution in [3.8, 4) is 11.5 Å². The lowest BCUT2D eigenvalue weighted by Crippen LogP contribution is -2.45. The first-order valence-electron chi connectivity index (χ1n) is 10.7. The highest BCUT2D eigenvalue weighted by Gasteiger charge is 2.31. The van der Waals surface area contributed by atoms with Crippen molar-refractivity contribution < 1.29 is 32.2 Å². The van der Waals surface area contributed by atoms with E-state index in [1.165, 1.54) is 18.2 Å². The summed E-state index contributed by atoms with van der Waals surface area (Å²) >= 11 is 0. The smallest absolute Gasteiger partial charge is 0.324 e. The van der Waals surface area contributed by atoms with E-state index in [1.54, 1.807) is 19.9 Å². The summed E-state index contributed by atoms with van der Waals surface area (Å²) in [5.41, 5.74) is 3.29. The van der Waals surface area contributed by atoms with Crippen molar-refractivity contribution in [2.45, 2.75) is 45.6 Å². The van der Waals surface area contributed by atoms with Crippen molar-refractivity contribution in [1.82, 2.24) is 4.72 Å². The quantitative estimate of drug-likeness (QED) is 0.462. The summed E-state index contributed by atoms with van der Waals surface area (Å²) in [5.74, 6) is -0.799. The van der Waals surface area contributed by atoms with Crippen molar-refractivity contribution in [3.05, 3.63) is 52.6 Å². The first-order chi connectivity index (χ1) is 15.5. The molecular weight excluding hydrogens is 446 g/mol. The number of hydrogen-bond donors (Lipinski definition) is 1. The number of rotatable bonds is 8. The van der Waals surface area contributed by atoms with Gasteiger partial charge in [-0.25, -0.2) is 8.42 Å². The Morgan fingerprint density at radius 1 is 0.970 bits per heavy atom. The average Bonchev–Trinajstić information content (AvgIpc) is 2.77. The molecule has 33 heavy (non-hydrogen) atoms. The largest absolute Gasteiger partial charge is 0.486 e. The van der Waals surface area contributed by atoms with E-state index in [0.29, 0.717) is 30.3 Å². The molecule has 1 N–H and O–H groups in total. The number of fused-ring (bicyclic) bond motifs is 1. The highest BCUT2D eigenvalue weighted by molar-refractivity contribution is 7.89. The van der Waals surface area contributed by atoms with Crippen molar-refractivity contribution in [3.63, 3.8) is 0 Å². The Morgan fingerprint density at radius 3 is 2.27 bits per heavy atom. The Kier molecular flexibility index (Phi) is 7.44. The minimum atomic E-state index is -4.06. The molecule has 0 saturated carbocycles. The number of benzene rings is 2. The first-order valence-corrected chi connectivity index (χ1v) is 12.2. The molecule has 2 aromatic rings. The van der Waals surface area contributed by atoms with Gasteiger partial charge in [-0.2, -0.15) is 4.72 Å². The van der Waals surface area contributed by atoms with Gasteiger partial charge in [-0.3, -0.25) is 9.59 Å². The third-order valence-electron chi connectivity index (χ3n) is 5.51. The Hall–Kier alpha value is -2.91. The van der Waals surface area contributed by atoms with Crippen LogP contribution in [-0.2, 0) is 19.6 Å². The molecule has 1 aliphatic heterocycles. The second-order valence-electron chi connectivity index (χ2n) is 8.43. The lowest BCUT2D eigenvalue weighted by molar-refractivity contribution is -0.145. The van der Waals surface area contributed by atoms with Crippen LogP contribution in [0.15, 0.2) is 35.2 Å². The summed E-state index contributed by atoms with van der Waals surface area (Å²) in [6, 6.07) is 6.75. The van der Waals surface area contributed by atoms with Crippen LogP contribution < -0.4 is 14.2 Å². The van der Waals surface area contributed by atoms with Gasteiger partial charge in [0.15, 0.2) is 18.1 Å². The highest BCUT2D eigenvalue weighted by Crippen LogP contribution is 2.32. The fourth-order valence-corrected chi connectivity index (χ4v) is 4.80. The van der Waals surface area contributed by atoms with Crippen LogP contribution in [0.4, 0.5) is 0 Å². The second-order valence-corrected chi connectivity index (χ2v) is 10.1. The predicted octanol–water partition coefficient (Wildman–Crippen LogP) is 3.11. The number of nitrogens with one attached hydrogen (secondary N) is 1. The van der Waals surface area contributed by atoms with Crippen LogP contribution in [0.2, 0.25) is 0 Å². The SMILES string of the molecule is Cc1cc(C)c(C(=O)COC(=O)[C@@H](NS(=O)(=O)c2ccc3c(c2)OCCO3)C(C)C)cc1C. The van der Waals surface area contributed by atoms with Gasteiger partial charge in [0.05, 0.1) is 4.90 Å². The van der Waals surface area contributed by atoms with E-state index >= 15 is 0 Å². The van der Waals surface area contributed by atoms with E-state index in [1.807, 2.05) is 26.8 Å². The molecule has 1 atom stereocenters. The number of Topliss-reactive ketones (excluding diaryl/α,β-unsaturated/α-hetero) is 1. The number of ketones is 1. The summed E-state index contributed by atoms with van der Waals surface area (Å²) in [4.78, 5) is 25.3. The molecule has 0 unspecified atom stereocenters. The van der Waals surface area contributed by atoms with Gasteiger partial charge in [-0.1, -0.05) is 19.9 Å². The lowest BCUT2D eigenvalue weighted by Gasteiger charge is -2.22. The number of sulfonamides is 1. The number of carbonyl (C=O) groups is 2. The van der Waals surface area contributed by atoms with Gasteiger partial charge in [0, 0.05) is 11.6 Å². The third kappa shape index (κ3) is 5.72. The van der Waals surface area contributed by atoms with E-state index < -0.39 is 34.6 Å². The van der Waals surface area contributed by atoms with Crippen LogP contribution in [0.1, 0.15) is 40.9 Å². The summed E-state index contributed by atoms with van der Waals surface area (Å²) in [6.07, 6.45) is 0. The Balaban J connectivity index is 1.71. The van der Waals surface area contributed by atoms with Crippen LogP contribution >= 0.6 is 0 Å². The number of carbonyl (C=O) groups excluding carboxylic acids is 2. The molecule has 8 nitrogen and oxygen atoms in total. The fourth-order valence-electron chi connectivity index (χ4n) is 3.45. The van der Waals surface area contributed by atoms with Gasteiger partial charge in [-0.05, 0) is 61.6 Å². The standard InChI is InChI=1S/C24H29NO7S/c1-14(2)23(24(27)32-13-20(26)19-11-16(4)15(3)10-17(19)5)25-33(28,29)18-6-7-21-22(12-18)31-9-8-30-21/h6-7,10-12,14,23,25H,8-9,13H2,1-5H3/t23-/m0/s1. The summed E-state index contributed by atoms with van der Waals surface area (Å²) in [5, 5.41) is 0. The predicted molar refractivity (Wildman–Crippen MR) is 122 cm³/mol. The van der Waals surface area contributed by atoms with E-state index in [2.05, 4.69) is 4.72 Å². The Bertz CT molecular complexity index is 1170. The maximum Gasteiger partial charge on any atom is 0.324 e. The first kappa shape index (κ1) is 24.7. The van der Waals surface area contributed by atoms with Gasteiger partial charge >= 0.3 is 5.97 Å². The van der Waals surface area contributed by atoms with Gasteiger partial charge < -0.3 is 14.2 Å². The second kappa shape index (κ2) is 9.93. The maximum absolute atomic E-state index is 12.9. The molecular formula is C24H29NO7S. The average molecular weight is 476 g/mol. The van der Waals surface area contributed by atoms with E-state index in [-0.39, 0.29) is 10.7 Å². The maximum atomic E-state index is 12.9. The zero-order chi connectivity index (χ0) is 24.3. The highest BCUT2D eigenvalue weighted by atomic mass is 32.2. The molecule has 0 aliphatic carbocycles. The number of hydrogen-bond acceptors (Lipinski definition) is 7. The van der Waals surface area contributed by atoms with E-state index in [9.17, 15) is 18.0 Å². The third-order valence-corrected chi connectivity index (χ3v) is 6.95.